The minimum atomic E-state index is 0.0591. The second-order valence-corrected chi connectivity index (χ2v) is 3.62. The van der Waals surface area contributed by atoms with Gasteiger partial charge >= 0.3 is 0 Å². The average Bonchev–Trinajstić information content (AvgIpc) is 2.06. The van der Waals surface area contributed by atoms with Gasteiger partial charge in [-0.05, 0) is 24.1 Å². The van der Waals surface area contributed by atoms with Gasteiger partial charge in [0.05, 0.1) is 0 Å². The highest BCUT2D eigenvalue weighted by Gasteiger charge is 2.02. The summed E-state index contributed by atoms with van der Waals surface area (Å²) >= 11 is 1.44. The first kappa shape index (κ1) is 9.13. The van der Waals surface area contributed by atoms with Crippen LogP contribution in [0.5, 0.6) is 0 Å². The molecule has 0 radical (unpaired) electrons. The van der Waals surface area contributed by atoms with Crippen molar-refractivity contribution >= 4 is 17.9 Å². The van der Waals surface area contributed by atoms with Crippen molar-refractivity contribution in [3.8, 4) is 0 Å². The largest absolute Gasteiger partial charge is 0.286 e. The van der Waals surface area contributed by atoms with E-state index in [4.69, 9.17) is 0 Å². The molecule has 0 unspecified atom stereocenters. The van der Waals surface area contributed by atoms with E-state index in [-0.39, 0.29) is 5.91 Å². The molecule has 2 nitrogen and oxygen atoms in total. The van der Waals surface area contributed by atoms with E-state index in [1.165, 1.54) is 11.9 Å². The number of benzene rings is 1. The highest BCUT2D eigenvalue weighted by molar-refractivity contribution is 7.97. The lowest BCUT2D eigenvalue weighted by Gasteiger charge is -2.12. The molecular formula is C9H11NOS. The first-order valence-electron chi connectivity index (χ1n) is 3.67. The van der Waals surface area contributed by atoms with Gasteiger partial charge in [-0.15, -0.1) is 0 Å². The number of amides is 1. The molecule has 3 heteroatoms. The van der Waals surface area contributed by atoms with E-state index in [0.29, 0.717) is 0 Å². The molecule has 12 heavy (non-hydrogen) atoms. The minimum Gasteiger partial charge on any atom is -0.286 e. The van der Waals surface area contributed by atoms with Crippen LogP contribution in [0.15, 0.2) is 35.2 Å². The first-order chi connectivity index (χ1) is 5.70. The molecule has 1 aromatic carbocycles. The van der Waals surface area contributed by atoms with Gasteiger partial charge in [0.25, 0.3) is 0 Å². The second kappa shape index (κ2) is 4.16. The van der Waals surface area contributed by atoms with Crippen molar-refractivity contribution < 1.29 is 4.79 Å². The van der Waals surface area contributed by atoms with Crippen molar-refractivity contribution in [3.63, 3.8) is 0 Å². The Labute approximate surface area is 76.7 Å². The number of carbonyl (C=O) groups is 1. The molecule has 0 bridgehead atoms. The van der Waals surface area contributed by atoms with Gasteiger partial charge in [0.2, 0.25) is 5.91 Å². The summed E-state index contributed by atoms with van der Waals surface area (Å²) in [5, 5.41) is 0. The standard InChI is InChI=1S/C9H11NOS/c1-8(11)10(2)12-9-6-4-3-5-7-9/h3-7H,1-2H3. The molecule has 0 saturated heterocycles. The van der Waals surface area contributed by atoms with Crippen molar-refractivity contribution in [2.24, 2.45) is 0 Å². The molecule has 64 valence electrons. The van der Waals surface area contributed by atoms with Crippen molar-refractivity contribution in [2.75, 3.05) is 7.05 Å². The lowest BCUT2D eigenvalue weighted by Crippen LogP contribution is -2.14. The molecule has 0 saturated carbocycles. The van der Waals surface area contributed by atoms with Crippen molar-refractivity contribution in [2.45, 2.75) is 11.8 Å². The zero-order valence-electron chi connectivity index (χ0n) is 7.15. The Kier molecular flexibility index (Phi) is 3.17. The Morgan fingerprint density at radius 1 is 1.33 bits per heavy atom. The van der Waals surface area contributed by atoms with Crippen LogP contribution in [0.3, 0.4) is 0 Å². The van der Waals surface area contributed by atoms with Gasteiger partial charge in [0.1, 0.15) is 0 Å². The third-order valence-corrected chi connectivity index (χ3v) is 2.44. The molecule has 0 spiro atoms. The van der Waals surface area contributed by atoms with E-state index >= 15 is 0 Å². The van der Waals surface area contributed by atoms with Crippen LogP contribution in [-0.4, -0.2) is 17.3 Å². The summed E-state index contributed by atoms with van der Waals surface area (Å²) < 4.78 is 1.61. The molecule has 1 rings (SSSR count). The van der Waals surface area contributed by atoms with E-state index in [1.807, 2.05) is 30.3 Å². The average molecular weight is 181 g/mol. The quantitative estimate of drug-likeness (QED) is 0.652. The van der Waals surface area contributed by atoms with Gasteiger partial charge in [-0.25, -0.2) is 0 Å². The van der Waals surface area contributed by atoms with Crippen molar-refractivity contribution in [3.05, 3.63) is 30.3 Å². The summed E-state index contributed by atoms with van der Waals surface area (Å²) in [6.07, 6.45) is 0. The SMILES string of the molecule is CC(=O)N(C)Sc1ccccc1. The Morgan fingerprint density at radius 3 is 2.42 bits per heavy atom. The summed E-state index contributed by atoms with van der Waals surface area (Å²) in [4.78, 5) is 11.9. The molecule has 0 aliphatic rings. The van der Waals surface area contributed by atoms with Crippen LogP contribution in [0.25, 0.3) is 0 Å². The van der Waals surface area contributed by atoms with Gasteiger partial charge in [0, 0.05) is 18.9 Å². The van der Waals surface area contributed by atoms with Gasteiger partial charge in [-0.2, -0.15) is 0 Å². The third-order valence-electron chi connectivity index (χ3n) is 1.43. The van der Waals surface area contributed by atoms with Crippen LogP contribution in [0.2, 0.25) is 0 Å². The second-order valence-electron chi connectivity index (χ2n) is 2.42. The number of nitrogens with zero attached hydrogens (tertiary/aromatic N) is 1. The Morgan fingerprint density at radius 2 is 1.92 bits per heavy atom. The molecule has 0 atom stereocenters. The van der Waals surface area contributed by atoms with Crippen LogP contribution in [0.4, 0.5) is 0 Å². The summed E-state index contributed by atoms with van der Waals surface area (Å²) in [6.45, 7) is 1.55. The minimum absolute atomic E-state index is 0.0591. The van der Waals surface area contributed by atoms with Gasteiger partial charge < -0.3 is 0 Å². The van der Waals surface area contributed by atoms with Crippen LogP contribution in [0, 0.1) is 0 Å². The normalized spacial score (nSPS) is 9.50. The topological polar surface area (TPSA) is 20.3 Å². The van der Waals surface area contributed by atoms with E-state index < -0.39 is 0 Å². The maximum Gasteiger partial charge on any atom is 0.229 e. The lowest BCUT2D eigenvalue weighted by atomic mass is 10.4. The van der Waals surface area contributed by atoms with E-state index in [9.17, 15) is 4.79 Å². The molecule has 0 heterocycles. The number of hydrogen-bond acceptors (Lipinski definition) is 2. The summed E-state index contributed by atoms with van der Waals surface area (Å²) in [5.41, 5.74) is 0. The van der Waals surface area contributed by atoms with Gasteiger partial charge in [0.15, 0.2) is 0 Å². The Bertz CT molecular complexity index is 260. The van der Waals surface area contributed by atoms with Crippen molar-refractivity contribution in [1.82, 2.24) is 4.31 Å². The lowest BCUT2D eigenvalue weighted by molar-refractivity contribution is -0.123. The molecule has 0 aliphatic heterocycles. The molecule has 0 fully saturated rings. The van der Waals surface area contributed by atoms with Crippen LogP contribution >= 0.6 is 11.9 Å². The van der Waals surface area contributed by atoms with Gasteiger partial charge in [-0.1, -0.05) is 18.2 Å². The molecule has 0 aliphatic carbocycles. The summed E-state index contributed by atoms with van der Waals surface area (Å²) in [5.74, 6) is 0.0591. The smallest absolute Gasteiger partial charge is 0.229 e. The predicted octanol–water partition coefficient (Wildman–Crippen LogP) is 2.17. The maximum atomic E-state index is 10.9. The maximum absolute atomic E-state index is 10.9. The third kappa shape index (κ3) is 2.58. The monoisotopic (exact) mass is 181 g/mol. The summed E-state index contributed by atoms with van der Waals surface area (Å²) in [6, 6.07) is 9.82. The van der Waals surface area contributed by atoms with E-state index in [1.54, 1.807) is 18.3 Å². The fourth-order valence-electron chi connectivity index (χ4n) is 0.704. The molecule has 0 N–H and O–H groups in total. The predicted molar refractivity (Wildman–Crippen MR) is 50.7 cm³/mol. The van der Waals surface area contributed by atoms with Crippen LogP contribution < -0.4 is 0 Å². The van der Waals surface area contributed by atoms with Gasteiger partial charge in [-0.3, -0.25) is 9.10 Å². The highest BCUT2D eigenvalue weighted by Crippen LogP contribution is 2.19. The molecule has 0 aromatic heterocycles. The number of hydrogen-bond donors (Lipinski definition) is 0. The zero-order valence-corrected chi connectivity index (χ0v) is 7.97. The fourth-order valence-corrected chi connectivity index (χ4v) is 1.43. The van der Waals surface area contributed by atoms with E-state index in [0.717, 1.165) is 4.90 Å². The first-order valence-corrected chi connectivity index (χ1v) is 4.45. The Hall–Kier alpha value is -0.960. The Balaban J connectivity index is 2.58. The zero-order chi connectivity index (χ0) is 8.97. The number of rotatable bonds is 2. The van der Waals surface area contributed by atoms with Crippen molar-refractivity contribution in [1.29, 1.82) is 0 Å². The fraction of sp³-hybridized carbons (Fsp3) is 0.222. The molecule has 1 amide bonds. The molecule has 1 aromatic rings. The van der Waals surface area contributed by atoms with Crippen LogP contribution in [0.1, 0.15) is 6.92 Å². The number of carbonyl (C=O) groups excluding carboxylic acids is 1. The van der Waals surface area contributed by atoms with E-state index in [2.05, 4.69) is 0 Å². The highest BCUT2D eigenvalue weighted by atomic mass is 32.2. The summed E-state index contributed by atoms with van der Waals surface area (Å²) in [7, 11) is 1.76. The molecular weight excluding hydrogens is 170 g/mol. The van der Waals surface area contributed by atoms with Crippen LogP contribution in [-0.2, 0) is 4.79 Å².